The van der Waals surface area contributed by atoms with Gasteiger partial charge in [0.2, 0.25) is 0 Å². The van der Waals surface area contributed by atoms with Gasteiger partial charge in [0.25, 0.3) is 0 Å². The number of halogens is 2. The second kappa shape index (κ2) is 6.44. The highest BCUT2D eigenvalue weighted by atomic mass is 35.5. The number of aryl methyl sites for hydroxylation is 3. The fraction of sp³-hybridized carbons (Fsp3) is 0.417. The molecule has 0 aliphatic carbocycles. The predicted octanol–water partition coefficient (Wildman–Crippen LogP) is 2.53. The maximum atomic E-state index is 12.2. The van der Waals surface area contributed by atoms with Crippen molar-refractivity contribution in [3.63, 3.8) is 0 Å². The van der Waals surface area contributed by atoms with E-state index < -0.39 is 6.67 Å². The SMILES string of the molecule is Cc1cn(CCF)nc1NCc1cccn1C.Cl. The number of nitrogens with one attached hydrogen (secondary N) is 1. The molecule has 0 aromatic carbocycles. The lowest BCUT2D eigenvalue weighted by Crippen LogP contribution is -2.06. The minimum absolute atomic E-state index is 0. The zero-order valence-corrected chi connectivity index (χ0v) is 11.4. The van der Waals surface area contributed by atoms with Crippen molar-refractivity contribution in [2.75, 3.05) is 12.0 Å². The van der Waals surface area contributed by atoms with Crippen LogP contribution in [0.5, 0.6) is 0 Å². The van der Waals surface area contributed by atoms with Crippen LogP contribution < -0.4 is 5.32 Å². The lowest BCUT2D eigenvalue weighted by atomic mass is 10.3. The third-order valence-electron chi connectivity index (χ3n) is 2.75. The first kappa shape index (κ1) is 14.6. The Bertz CT molecular complexity index is 492. The summed E-state index contributed by atoms with van der Waals surface area (Å²) in [6.45, 7) is 2.61. The van der Waals surface area contributed by atoms with Gasteiger partial charge in [-0.15, -0.1) is 12.4 Å². The van der Waals surface area contributed by atoms with E-state index in [0.29, 0.717) is 6.54 Å². The van der Waals surface area contributed by atoms with Gasteiger partial charge in [-0.3, -0.25) is 4.68 Å². The summed E-state index contributed by atoms with van der Waals surface area (Å²) >= 11 is 0. The van der Waals surface area contributed by atoms with Crippen molar-refractivity contribution in [1.29, 1.82) is 0 Å². The van der Waals surface area contributed by atoms with Crippen molar-refractivity contribution in [1.82, 2.24) is 14.3 Å². The van der Waals surface area contributed by atoms with Crippen LogP contribution in [-0.2, 0) is 20.1 Å². The first-order chi connectivity index (χ1) is 8.20. The maximum absolute atomic E-state index is 12.2. The Hall–Kier alpha value is -1.49. The molecule has 2 aromatic rings. The van der Waals surface area contributed by atoms with Gasteiger partial charge < -0.3 is 9.88 Å². The highest BCUT2D eigenvalue weighted by molar-refractivity contribution is 5.85. The summed E-state index contributed by atoms with van der Waals surface area (Å²) in [4.78, 5) is 0. The molecule has 0 spiro atoms. The maximum Gasteiger partial charge on any atom is 0.151 e. The van der Waals surface area contributed by atoms with E-state index >= 15 is 0 Å². The fourth-order valence-corrected chi connectivity index (χ4v) is 1.75. The van der Waals surface area contributed by atoms with E-state index in [0.717, 1.165) is 17.9 Å². The number of rotatable bonds is 5. The van der Waals surface area contributed by atoms with E-state index in [1.807, 2.05) is 32.4 Å². The Balaban J connectivity index is 0.00000162. The quantitative estimate of drug-likeness (QED) is 0.908. The van der Waals surface area contributed by atoms with E-state index in [1.165, 1.54) is 5.69 Å². The number of alkyl halides is 1. The van der Waals surface area contributed by atoms with Gasteiger partial charge in [0.05, 0.1) is 13.1 Å². The third kappa shape index (κ3) is 3.26. The molecule has 6 heteroatoms. The van der Waals surface area contributed by atoms with Crippen molar-refractivity contribution in [3.05, 3.63) is 35.8 Å². The molecule has 0 aliphatic rings. The van der Waals surface area contributed by atoms with Gasteiger partial charge in [-0.05, 0) is 19.1 Å². The van der Waals surface area contributed by atoms with Gasteiger partial charge in [0.15, 0.2) is 5.82 Å². The standard InChI is InChI=1S/C12H17FN4.ClH/c1-10-9-17(7-5-13)15-12(10)14-8-11-4-3-6-16(11)2;/h3-4,6,9H,5,7-8H2,1-2H3,(H,14,15);1H. The Morgan fingerprint density at radius 1 is 1.44 bits per heavy atom. The average molecular weight is 273 g/mol. The lowest BCUT2D eigenvalue weighted by Gasteiger charge is -2.05. The minimum atomic E-state index is -0.391. The van der Waals surface area contributed by atoms with Gasteiger partial charge in [-0.25, -0.2) is 4.39 Å². The van der Waals surface area contributed by atoms with E-state index in [1.54, 1.807) is 4.68 Å². The Labute approximate surface area is 112 Å². The third-order valence-corrected chi connectivity index (χ3v) is 2.75. The molecule has 0 unspecified atom stereocenters. The molecule has 0 amide bonds. The highest BCUT2D eigenvalue weighted by Gasteiger charge is 2.05. The van der Waals surface area contributed by atoms with Crippen molar-refractivity contribution < 1.29 is 4.39 Å². The summed E-state index contributed by atoms with van der Waals surface area (Å²) in [6, 6.07) is 4.06. The van der Waals surface area contributed by atoms with Crippen LogP contribution >= 0.6 is 12.4 Å². The average Bonchev–Trinajstić information content (AvgIpc) is 2.83. The number of aromatic nitrogens is 3. The van der Waals surface area contributed by atoms with Gasteiger partial charge in [0.1, 0.15) is 6.67 Å². The van der Waals surface area contributed by atoms with Crippen LogP contribution in [-0.4, -0.2) is 21.0 Å². The number of hydrogen-bond donors (Lipinski definition) is 1. The van der Waals surface area contributed by atoms with Crippen LogP contribution in [0.2, 0.25) is 0 Å². The molecule has 100 valence electrons. The van der Waals surface area contributed by atoms with Gasteiger partial charge in [0, 0.05) is 30.7 Å². The summed E-state index contributed by atoms with van der Waals surface area (Å²) < 4.78 is 15.9. The molecule has 0 saturated carbocycles. The largest absolute Gasteiger partial charge is 0.363 e. The molecule has 2 rings (SSSR count). The van der Waals surface area contributed by atoms with Crippen LogP contribution in [0, 0.1) is 6.92 Å². The smallest absolute Gasteiger partial charge is 0.151 e. The topological polar surface area (TPSA) is 34.8 Å². The summed E-state index contributed by atoms with van der Waals surface area (Å²) in [6.07, 6.45) is 3.86. The molecule has 2 aromatic heterocycles. The Morgan fingerprint density at radius 3 is 2.83 bits per heavy atom. The molecule has 1 N–H and O–H groups in total. The summed E-state index contributed by atoms with van der Waals surface area (Å²) in [5.41, 5.74) is 2.22. The monoisotopic (exact) mass is 272 g/mol. The van der Waals surface area contributed by atoms with Crippen molar-refractivity contribution >= 4 is 18.2 Å². The van der Waals surface area contributed by atoms with E-state index in [9.17, 15) is 4.39 Å². The fourth-order valence-electron chi connectivity index (χ4n) is 1.75. The van der Waals surface area contributed by atoms with Gasteiger partial charge >= 0.3 is 0 Å². The molecule has 4 nitrogen and oxygen atoms in total. The molecular weight excluding hydrogens is 255 g/mol. The molecular formula is C12H18ClFN4. The zero-order chi connectivity index (χ0) is 12.3. The number of hydrogen-bond acceptors (Lipinski definition) is 2. The van der Waals surface area contributed by atoms with Gasteiger partial charge in [-0.1, -0.05) is 0 Å². The zero-order valence-electron chi connectivity index (χ0n) is 10.6. The molecule has 0 aliphatic heterocycles. The molecule has 0 saturated heterocycles. The molecule has 0 bridgehead atoms. The van der Waals surface area contributed by atoms with Crippen molar-refractivity contribution in [2.45, 2.75) is 20.0 Å². The molecule has 0 fully saturated rings. The van der Waals surface area contributed by atoms with Crippen molar-refractivity contribution in [3.8, 4) is 0 Å². The first-order valence-electron chi connectivity index (χ1n) is 5.65. The molecule has 0 radical (unpaired) electrons. The molecule has 0 atom stereocenters. The first-order valence-corrected chi connectivity index (χ1v) is 5.65. The second-order valence-electron chi connectivity index (χ2n) is 4.08. The van der Waals surface area contributed by atoms with Crippen molar-refractivity contribution in [2.24, 2.45) is 7.05 Å². The summed E-state index contributed by atoms with van der Waals surface area (Å²) in [5.74, 6) is 0.819. The molecule has 2 heterocycles. The summed E-state index contributed by atoms with van der Waals surface area (Å²) in [5, 5.41) is 7.54. The van der Waals surface area contributed by atoms with Gasteiger partial charge in [-0.2, -0.15) is 5.10 Å². The van der Waals surface area contributed by atoms with Crippen LogP contribution in [0.15, 0.2) is 24.5 Å². The van der Waals surface area contributed by atoms with Crippen LogP contribution in [0.1, 0.15) is 11.3 Å². The predicted molar refractivity (Wildman–Crippen MR) is 72.9 cm³/mol. The minimum Gasteiger partial charge on any atom is -0.363 e. The van der Waals surface area contributed by atoms with E-state index in [4.69, 9.17) is 0 Å². The Morgan fingerprint density at radius 2 is 2.22 bits per heavy atom. The second-order valence-corrected chi connectivity index (χ2v) is 4.08. The summed E-state index contributed by atoms with van der Waals surface area (Å²) in [7, 11) is 2.01. The van der Waals surface area contributed by atoms with E-state index in [-0.39, 0.29) is 12.4 Å². The number of anilines is 1. The van der Waals surface area contributed by atoms with Crippen LogP contribution in [0.25, 0.3) is 0 Å². The lowest BCUT2D eigenvalue weighted by molar-refractivity contribution is 0.427. The van der Waals surface area contributed by atoms with Crippen LogP contribution in [0.3, 0.4) is 0 Å². The highest BCUT2D eigenvalue weighted by Crippen LogP contribution is 2.13. The number of nitrogens with zero attached hydrogens (tertiary/aromatic N) is 3. The normalized spacial score (nSPS) is 10.2. The Kier molecular flexibility index (Phi) is 5.22. The molecule has 18 heavy (non-hydrogen) atoms. The van der Waals surface area contributed by atoms with E-state index in [2.05, 4.69) is 21.0 Å². The van der Waals surface area contributed by atoms with Crippen LogP contribution in [0.4, 0.5) is 10.2 Å².